The molecule has 2 unspecified atom stereocenters. The fourth-order valence-electron chi connectivity index (χ4n) is 2.40. The van der Waals surface area contributed by atoms with Gasteiger partial charge in [-0.2, -0.15) is 13.2 Å². The van der Waals surface area contributed by atoms with Gasteiger partial charge >= 0.3 is 6.18 Å². The van der Waals surface area contributed by atoms with Crippen LogP contribution in [0.3, 0.4) is 0 Å². The summed E-state index contributed by atoms with van der Waals surface area (Å²) in [4.78, 5) is 11.7. The number of nitrogens with one attached hydrogen (secondary N) is 1. The molecule has 0 heterocycles. The first kappa shape index (κ1) is 15.6. The molecule has 2 nitrogen and oxygen atoms in total. The molecule has 1 N–H and O–H groups in total. The normalized spacial score (nSPS) is 23.8. The van der Waals surface area contributed by atoms with E-state index in [0.29, 0.717) is 15.7 Å². The van der Waals surface area contributed by atoms with Crippen molar-refractivity contribution in [1.29, 1.82) is 0 Å². The molecule has 0 aliphatic heterocycles. The highest BCUT2D eigenvalue weighted by Gasteiger charge is 2.32. The molecule has 0 aromatic heterocycles. The number of alkyl halides is 3. The van der Waals surface area contributed by atoms with Gasteiger partial charge in [0.2, 0.25) is 0 Å². The van der Waals surface area contributed by atoms with Crippen molar-refractivity contribution in [2.24, 2.45) is 5.92 Å². The van der Waals surface area contributed by atoms with Gasteiger partial charge < -0.3 is 5.32 Å². The number of rotatable bonds is 2. The Kier molecular flexibility index (Phi) is 4.61. The van der Waals surface area contributed by atoms with Crippen molar-refractivity contribution in [3.8, 4) is 0 Å². The van der Waals surface area contributed by atoms with E-state index < -0.39 is 11.7 Å². The number of carbonyl (C=O) groups excluding carboxylic acids is 1. The van der Waals surface area contributed by atoms with Gasteiger partial charge in [-0.05, 0) is 53.6 Å². The van der Waals surface area contributed by atoms with E-state index in [9.17, 15) is 18.0 Å². The Morgan fingerprint density at radius 2 is 2.05 bits per heavy atom. The maximum absolute atomic E-state index is 12.6. The van der Waals surface area contributed by atoms with E-state index in [1.807, 2.05) is 29.5 Å². The fourth-order valence-corrected chi connectivity index (χ4v) is 3.07. The number of carbonyl (C=O) groups is 1. The zero-order valence-corrected chi connectivity index (χ0v) is 13.1. The van der Waals surface area contributed by atoms with Crippen LogP contribution in [0, 0.1) is 9.49 Å². The highest BCUT2D eigenvalue weighted by Crippen LogP contribution is 2.33. The molecule has 1 aliphatic rings. The predicted molar refractivity (Wildman–Crippen MR) is 79.6 cm³/mol. The zero-order chi connectivity index (χ0) is 14.9. The topological polar surface area (TPSA) is 29.1 Å². The van der Waals surface area contributed by atoms with Gasteiger partial charge in [0.1, 0.15) is 5.78 Å². The smallest absolute Gasteiger partial charge is 0.381 e. The van der Waals surface area contributed by atoms with Crippen LogP contribution in [0.2, 0.25) is 0 Å². The summed E-state index contributed by atoms with van der Waals surface area (Å²) >= 11 is 1.89. The molecule has 20 heavy (non-hydrogen) atoms. The number of benzene rings is 1. The average Bonchev–Trinajstić information content (AvgIpc) is 2.36. The third-order valence-corrected chi connectivity index (χ3v) is 4.58. The van der Waals surface area contributed by atoms with Gasteiger partial charge in [-0.15, -0.1) is 0 Å². The number of hydrogen-bond acceptors (Lipinski definition) is 2. The van der Waals surface area contributed by atoms with Crippen LogP contribution in [0.1, 0.15) is 31.7 Å². The van der Waals surface area contributed by atoms with Gasteiger partial charge in [-0.1, -0.05) is 6.92 Å². The van der Waals surface area contributed by atoms with Crippen molar-refractivity contribution in [3.05, 3.63) is 27.3 Å². The summed E-state index contributed by atoms with van der Waals surface area (Å²) in [6.45, 7) is 1.87. The molecule has 0 amide bonds. The Morgan fingerprint density at radius 3 is 2.65 bits per heavy atom. The third kappa shape index (κ3) is 3.45. The minimum atomic E-state index is -4.33. The summed E-state index contributed by atoms with van der Waals surface area (Å²) in [6, 6.07) is 3.63. The summed E-state index contributed by atoms with van der Waals surface area (Å²) in [7, 11) is 0. The van der Waals surface area contributed by atoms with Crippen LogP contribution < -0.4 is 5.32 Å². The SMILES string of the molecule is CC1C(=O)CCCC1Nc1ccc(C(F)(F)F)cc1I. The monoisotopic (exact) mass is 397 g/mol. The van der Waals surface area contributed by atoms with Crippen LogP contribution in [0.25, 0.3) is 0 Å². The Bertz CT molecular complexity index is 516. The Morgan fingerprint density at radius 1 is 1.35 bits per heavy atom. The lowest BCUT2D eigenvalue weighted by Crippen LogP contribution is -2.36. The van der Waals surface area contributed by atoms with Gasteiger partial charge in [0.25, 0.3) is 0 Å². The molecular formula is C14H15F3INO. The lowest BCUT2D eigenvalue weighted by Gasteiger charge is -2.29. The van der Waals surface area contributed by atoms with E-state index in [1.54, 1.807) is 0 Å². The van der Waals surface area contributed by atoms with Gasteiger partial charge in [0.15, 0.2) is 0 Å². The van der Waals surface area contributed by atoms with E-state index in [4.69, 9.17) is 0 Å². The lowest BCUT2D eigenvalue weighted by atomic mass is 9.84. The summed E-state index contributed by atoms with van der Waals surface area (Å²) in [5.74, 6) is 0.123. The fraction of sp³-hybridized carbons (Fsp3) is 0.500. The van der Waals surface area contributed by atoms with Crippen molar-refractivity contribution in [3.63, 3.8) is 0 Å². The Labute approximate surface area is 129 Å². The van der Waals surface area contributed by atoms with Crippen LogP contribution in [0.15, 0.2) is 18.2 Å². The van der Waals surface area contributed by atoms with Crippen LogP contribution in [0.4, 0.5) is 18.9 Å². The van der Waals surface area contributed by atoms with Crippen molar-refractivity contribution >= 4 is 34.1 Å². The highest BCUT2D eigenvalue weighted by atomic mass is 127. The van der Waals surface area contributed by atoms with Crippen LogP contribution in [-0.2, 0) is 11.0 Å². The minimum Gasteiger partial charge on any atom is -0.381 e. The lowest BCUT2D eigenvalue weighted by molar-refractivity contribution is -0.137. The molecule has 0 radical (unpaired) electrons. The molecule has 0 bridgehead atoms. The number of anilines is 1. The van der Waals surface area contributed by atoms with E-state index in [1.165, 1.54) is 6.07 Å². The second-order valence-electron chi connectivity index (χ2n) is 5.09. The molecule has 110 valence electrons. The second kappa shape index (κ2) is 5.91. The van der Waals surface area contributed by atoms with Crippen molar-refractivity contribution in [1.82, 2.24) is 0 Å². The number of halogens is 4. The molecule has 1 aromatic rings. The van der Waals surface area contributed by atoms with Crippen LogP contribution in [-0.4, -0.2) is 11.8 Å². The number of Topliss-reactive ketones (excluding diaryl/α,β-unsaturated/α-hetero) is 1. The van der Waals surface area contributed by atoms with Gasteiger partial charge in [0, 0.05) is 27.6 Å². The molecule has 2 rings (SSSR count). The molecule has 2 atom stereocenters. The number of hydrogen-bond donors (Lipinski definition) is 1. The Hall–Kier alpha value is -0.790. The molecular weight excluding hydrogens is 382 g/mol. The molecule has 0 spiro atoms. The largest absolute Gasteiger partial charge is 0.416 e. The molecule has 0 saturated heterocycles. The number of ketones is 1. The van der Waals surface area contributed by atoms with Crippen LogP contribution >= 0.6 is 22.6 Å². The first-order chi connectivity index (χ1) is 9.29. The Balaban J connectivity index is 2.16. The molecule has 1 fully saturated rings. The standard InChI is InChI=1S/C14H15F3INO/c1-8-11(3-2-4-13(8)20)19-12-6-5-9(7-10(12)18)14(15,16)17/h5-8,11,19H,2-4H2,1H3. The summed E-state index contributed by atoms with van der Waals surface area (Å²) in [5.41, 5.74) is 0.00497. The third-order valence-electron chi connectivity index (χ3n) is 3.69. The summed E-state index contributed by atoms with van der Waals surface area (Å²) < 4.78 is 38.3. The first-order valence-electron chi connectivity index (χ1n) is 6.45. The van der Waals surface area contributed by atoms with Gasteiger partial charge in [-0.25, -0.2) is 0 Å². The predicted octanol–water partition coefficient (Wildman–Crippen LogP) is 4.48. The van der Waals surface area contributed by atoms with Crippen molar-refractivity contribution in [2.45, 2.75) is 38.4 Å². The van der Waals surface area contributed by atoms with E-state index in [2.05, 4.69) is 5.32 Å². The minimum absolute atomic E-state index is 0.00139. The maximum Gasteiger partial charge on any atom is 0.416 e. The second-order valence-corrected chi connectivity index (χ2v) is 6.25. The van der Waals surface area contributed by atoms with Gasteiger partial charge in [0.05, 0.1) is 5.56 Å². The van der Waals surface area contributed by atoms with E-state index >= 15 is 0 Å². The molecule has 1 saturated carbocycles. The summed E-state index contributed by atoms with van der Waals surface area (Å²) in [5, 5.41) is 3.21. The zero-order valence-electron chi connectivity index (χ0n) is 10.9. The summed E-state index contributed by atoms with van der Waals surface area (Å²) in [6.07, 6.45) is -2.03. The van der Waals surface area contributed by atoms with Crippen molar-refractivity contribution < 1.29 is 18.0 Å². The highest BCUT2D eigenvalue weighted by molar-refractivity contribution is 14.1. The van der Waals surface area contributed by atoms with Crippen molar-refractivity contribution in [2.75, 3.05) is 5.32 Å². The average molecular weight is 397 g/mol. The molecule has 6 heteroatoms. The van der Waals surface area contributed by atoms with E-state index in [-0.39, 0.29) is 17.7 Å². The van der Waals surface area contributed by atoms with E-state index in [0.717, 1.165) is 25.0 Å². The van der Waals surface area contributed by atoms with Gasteiger partial charge in [-0.3, -0.25) is 4.79 Å². The first-order valence-corrected chi connectivity index (χ1v) is 7.53. The maximum atomic E-state index is 12.6. The van der Waals surface area contributed by atoms with Crippen LogP contribution in [0.5, 0.6) is 0 Å². The molecule has 1 aliphatic carbocycles. The molecule has 1 aromatic carbocycles. The quantitative estimate of drug-likeness (QED) is 0.746.